The second-order valence-corrected chi connectivity index (χ2v) is 7.09. The molecule has 1 N–H and O–H groups in total. The number of rotatable bonds is 8. The summed E-state index contributed by atoms with van der Waals surface area (Å²) >= 11 is 0. The molecule has 19 heavy (non-hydrogen) atoms. The van der Waals surface area contributed by atoms with Crippen molar-refractivity contribution in [3.8, 4) is 0 Å². The molecule has 1 aliphatic rings. The van der Waals surface area contributed by atoms with Gasteiger partial charge in [-0.15, -0.1) is 0 Å². The summed E-state index contributed by atoms with van der Waals surface area (Å²) in [5.74, 6) is 0.878. The second-order valence-electron chi connectivity index (χ2n) is 7.09. The van der Waals surface area contributed by atoms with Crippen molar-refractivity contribution in [2.45, 2.75) is 72.3 Å². The third kappa shape index (κ3) is 5.43. The van der Waals surface area contributed by atoms with Crippen LogP contribution in [0.25, 0.3) is 0 Å². The van der Waals surface area contributed by atoms with Gasteiger partial charge in [0.25, 0.3) is 0 Å². The van der Waals surface area contributed by atoms with Gasteiger partial charge >= 0.3 is 0 Å². The van der Waals surface area contributed by atoms with E-state index in [4.69, 9.17) is 0 Å². The molecule has 1 aliphatic carbocycles. The van der Waals surface area contributed by atoms with Crippen molar-refractivity contribution in [3.05, 3.63) is 0 Å². The van der Waals surface area contributed by atoms with Gasteiger partial charge in [-0.1, -0.05) is 47.0 Å². The van der Waals surface area contributed by atoms with Crippen LogP contribution in [0.3, 0.4) is 0 Å². The van der Waals surface area contributed by atoms with Gasteiger partial charge in [0.1, 0.15) is 0 Å². The topological polar surface area (TPSA) is 15.3 Å². The Labute approximate surface area is 121 Å². The molecule has 0 aromatic carbocycles. The van der Waals surface area contributed by atoms with Gasteiger partial charge in [0, 0.05) is 19.1 Å². The first-order valence-electron chi connectivity index (χ1n) is 8.43. The fourth-order valence-electron chi connectivity index (χ4n) is 3.92. The normalized spacial score (nSPS) is 27.5. The Hall–Kier alpha value is -0.0800. The molecule has 0 saturated heterocycles. The first kappa shape index (κ1) is 17.0. The highest BCUT2D eigenvalue weighted by atomic mass is 15.1. The Bertz CT molecular complexity index is 241. The summed E-state index contributed by atoms with van der Waals surface area (Å²) in [4.78, 5) is 2.66. The summed E-state index contributed by atoms with van der Waals surface area (Å²) in [6.45, 7) is 12.9. The molecule has 0 spiro atoms. The van der Waals surface area contributed by atoms with Gasteiger partial charge < -0.3 is 10.2 Å². The highest BCUT2D eigenvalue weighted by Crippen LogP contribution is 2.31. The van der Waals surface area contributed by atoms with Gasteiger partial charge in [-0.2, -0.15) is 0 Å². The van der Waals surface area contributed by atoms with E-state index in [9.17, 15) is 0 Å². The fraction of sp³-hybridized carbons (Fsp3) is 1.00. The molecule has 114 valence electrons. The molecule has 1 fully saturated rings. The summed E-state index contributed by atoms with van der Waals surface area (Å²) in [5.41, 5.74) is 0.427. The summed E-state index contributed by atoms with van der Waals surface area (Å²) < 4.78 is 0. The van der Waals surface area contributed by atoms with Crippen LogP contribution in [0.5, 0.6) is 0 Å². The first-order valence-corrected chi connectivity index (χ1v) is 8.43. The van der Waals surface area contributed by atoms with Crippen molar-refractivity contribution >= 4 is 0 Å². The van der Waals surface area contributed by atoms with E-state index < -0.39 is 0 Å². The fourth-order valence-corrected chi connectivity index (χ4v) is 3.92. The van der Waals surface area contributed by atoms with Crippen molar-refractivity contribution in [1.29, 1.82) is 0 Å². The van der Waals surface area contributed by atoms with E-state index in [2.05, 4.69) is 45.0 Å². The molecule has 0 radical (unpaired) electrons. The Morgan fingerprint density at radius 3 is 2.47 bits per heavy atom. The van der Waals surface area contributed by atoms with Crippen LogP contribution < -0.4 is 5.32 Å². The van der Waals surface area contributed by atoms with Crippen molar-refractivity contribution in [1.82, 2.24) is 10.2 Å². The zero-order chi connectivity index (χ0) is 14.3. The van der Waals surface area contributed by atoms with Crippen LogP contribution in [0.4, 0.5) is 0 Å². The lowest BCUT2D eigenvalue weighted by molar-refractivity contribution is 0.0853. The Balaban J connectivity index is 2.56. The average molecular weight is 268 g/mol. The van der Waals surface area contributed by atoms with E-state index in [0.717, 1.165) is 25.0 Å². The smallest absolute Gasteiger partial charge is 0.0118 e. The van der Waals surface area contributed by atoms with E-state index in [1.54, 1.807) is 0 Å². The zero-order valence-corrected chi connectivity index (χ0v) is 14.0. The van der Waals surface area contributed by atoms with Crippen LogP contribution in [0.15, 0.2) is 0 Å². The molecule has 1 rings (SSSR count). The quantitative estimate of drug-likeness (QED) is 0.718. The highest BCUT2D eigenvalue weighted by Gasteiger charge is 2.30. The van der Waals surface area contributed by atoms with Gasteiger partial charge in [-0.3, -0.25) is 0 Å². The van der Waals surface area contributed by atoms with Gasteiger partial charge in [0.15, 0.2) is 0 Å². The van der Waals surface area contributed by atoms with Gasteiger partial charge in [-0.25, -0.2) is 0 Å². The minimum Gasteiger partial charge on any atom is -0.316 e. The third-order valence-electron chi connectivity index (χ3n) is 4.92. The van der Waals surface area contributed by atoms with E-state index >= 15 is 0 Å². The van der Waals surface area contributed by atoms with Crippen LogP contribution in [-0.2, 0) is 0 Å². The zero-order valence-electron chi connectivity index (χ0n) is 14.0. The largest absolute Gasteiger partial charge is 0.316 e. The van der Waals surface area contributed by atoms with Crippen LogP contribution in [0.2, 0.25) is 0 Å². The van der Waals surface area contributed by atoms with Crippen LogP contribution in [0, 0.1) is 11.3 Å². The summed E-state index contributed by atoms with van der Waals surface area (Å²) in [7, 11) is 2.35. The summed E-state index contributed by atoms with van der Waals surface area (Å²) in [5, 5.41) is 3.57. The molecule has 3 unspecified atom stereocenters. The first-order chi connectivity index (χ1) is 9.02. The summed E-state index contributed by atoms with van der Waals surface area (Å²) in [6, 6.07) is 0.812. The average Bonchev–Trinajstić information content (AvgIpc) is 2.37. The van der Waals surface area contributed by atoms with E-state index in [0.29, 0.717) is 5.41 Å². The molecule has 0 aliphatic heterocycles. The molecular formula is C17H36N2. The summed E-state index contributed by atoms with van der Waals surface area (Å²) in [6.07, 6.45) is 8.31. The van der Waals surface area contributed by atoms with Crippen molar-refractivity contribution < 1.29 is 0 Å². The van der Waals surface area contributed by atoms with Gasteiger partial charge in [-0.05, 0) is 44.2 Å². The minimum absolute atomic E-state index is 0.427. The van der Waals surface area contributed by atoms with E-state index in [1.807, 2.05) is 0 Å². The molecule has 1 saturated carbocycles. The maximum atomic E-state index is 3.57. The Morgan fingerprint density at radius 2 is 1.89 bits per heavy atom. The Morgan fingerprint density at radius 1 is 1.21 bits per heavy atom. The lowest BCUT2D eigenvalue weighted by Gasteiger charge is -2.41. The second kappa shape index (κ2) is 8.26. The maximum absolute atomic E-state index is 3.57. The number of nitrogens with one attached hydrogen (secondary N) is 1. The van der Waals surface area contributed by atoms with Crippen molar-refractivity contribution in [2.75, 3.05) is 26.7 Å². The van der Waals surface area contributed by atoms with Crippen LogP contribution in [0.1, 0.15) is 66.2 Å². The lowest BCUT2D eigenvalue weighted by Crippen LogP contribution is -2.47. The van der Waals surface area contributed by atoms with Gasteiger partial charge in [0.05, 0.1) is 0 Å². The molecular weight excluding hydrogens is 232 g/mol. The third-order valence-corrected chi connectivity index (χ3v) is 4.92. The highest BCUT2D eigenvalue weighted by molar-refractivity contribution is 4.85. The molecule has 0 bridgehead atoms. The van der Waals surface area contributed by atoms with Crippen LogP contribution >= 0.6 is 0 Å². The minimum atomic E-state index is 0.427. The molecule has 0 heterocycles. The van der Waals surface area contributed by atoms with E-state index in [-0.39, 0.29) is 0 Å². The predicted molar refractivity (Wildman–Crippen MR) is 85.6 cm³/mol. The number of nitrogens with zero attached hydrogens (tertiary/aromatic N) is 1. The Kier molecular flexibility index (Phi) is 7.38. The van der Waals surface area contributed by atoms with Gasteiger partial charge in [0.2, 0.25) is 0 Å². The standard InChI is InChI=1S/C17H36N2/c1-6-12-17(4,13-18-7-2)14-19(5)16-11-9-8-10-15(16)3/h15-16,18H,6-14H2,1-5H3. The monoisotopic (exact) mass is 268 g/mol. The van der Waals surface area contributed by atoms with E-state index in [1.165, 1.54) is 45.1 Å². The van der Waals surface area contributed by atoms with Crippen molar-refractivity contribution in [2.24, 2.45) is 11.3 Å². The molecule has 2 nitrogen and oxygen atoms in total. The number of hydrogen-bond donors (Lipinski definition) is 1. The SMILES string of the molecule is CCCC(C)(CNCC)CN(C)C1CCCCC1C. The molecule has 0 aromatic rings. The molecule has 0 aromatic heterocycles. The van der Waals surface area contributed by atoms with Crippen molar-refractivity contribution in [3.63, 3.8) is 0 Å². The molecule has 2 heteroatoms. The molecule has 0 amide bonds. The van der Waals surface area contributed by atoms with Crippen LogP contribution in [-0.4, -0.2) is 37.6 Å². The molecule has 3 atom stereocenters. The maximum Gasteiger partial charge on any atom is 0.0118 e. The predicted octanol–water partition coefficient (Wildman–Crippen LogP) is 3.91. The number of hydrogen-bond acceptors (Lipinski definition) is 2. The lowest BCUT2D eigenvalue weighted by atomic mass is 9.81.